The van der Waals surface area contributed by atoms with Crippen molar-refractivity contribution in [1.82, 2.24) is 0 Å². The Kier molecular flexibility index (Phi) is 8.78. The molecular weight excluding hydrogens is 400 g/mol. The van der Waals surface area contributed by atoms with Crippen LogP contribution in [-0.2, 0) is 19.0 Å². The molecule has 1 aliphatic heterocycles. The number of phenolic OH excluding ortho intramolecular Hbond substituents is 2. The molecule has 2 unspecified atom stereocenters. The lowest BCUT2D eigenvalue weighted by atomic mass is 9.99. The molecule has 1 aromatic rings. The first-order valence-electron chi connectivity index (χ1n) is 9.17. The predicted molar refractivity (Wildman–Crippen MR) is 103 cm³/mol. The maximum Gasteiger partial charge on any atom is 0.330 e. The van der Waals surface area contributed by atoms with Gasteiger partial charge in [0, 0.05) is 6.08 Å². The van der Waals surface area contributed by atoms with E-state index in [9.17, 15) is 30.3 Å². The zero-order valence-corrected chi connectivity index (χ0v) is 16.3. The van der Waals surface area contributed by atoms with Crippen LogP contribution in [0.15, 0.2) is 35.9 Å². The van der Waals surface area contributed by atoms with Crippen LogP contribution < -0.4 is 0 Å². The normalized spacial score (nSPS) is 27.4. The Bertz CT molecular complexity index is 775. The van der Waals surface area contributed by atoms with Crippen molar-refractivity contribution in [1.29, 1.82) is 0 Å². The van der Waals surface area contributed by atoms with Crippen molar-refractivity contribution >= 4 is 12.0 Å². The number of phenols is 2. The summed E-state index contributed by atoms with van der Waals surface area (Å²) in [6.07, 6.45) is -3.11. The smallest absolute Gasteiger partial charge is 0.330 e. The molecule has 0 saturated carbocycles. The molecule has 1 saturated heterocycles. The van der Waals surface area contributed by atoms with E-state index in [-0.39, 0.29) is 24.7 Å². The number of aliphatic hydroxyl groups excluding tert-OH is 4. The molecule has 1 fully saturated rings. The van der Waals surface area contributed by atoms with Crippen molar-refractivity contribution in [3.8, 4) is 11.5 Å². The minimum Gasteiger partial charge on any atom is -0.504 e. The average molecular weight is 426 g/mol. The van der Waals surface area contributed by atoms with Gasteiger partial charge in [-0.1, -0.05) is 12.1 Å². The van der Waals surface area contributed by atoms with Crippen LogP contribution in [0.2, 0.25) is 0 Å². The summed E-state index contributed by atoms with van der Waals surface area (Å²) in [5.41, 5.74) is 1.11. The molecule has 2 rings (SSSR count). The monoisotopic (exact) mass is 426 g/mol. The van der Waals surface area contributed by atoms with Crippen LogP contribution in [0.3, 0.4) is 0 Å². The lowest BCUT2D eigenvalue weighted by Gasteiger charge is -2.39. The van der Waals surface area contributed by atoms with Gasteiger partial charge in [-0.05, 0) is 36.3 Å². The summed E-state index contributed by atoms with van der Waals surface area (Å²) in [7, 11) is 0. The van der Waals surface area contributed by atoms with E-state index in [1.54, 1.807) is 6.92 Å². The molecule has 6 N–H and O–H groups in total. The summed E-state index contributed by atoms with van der Waals surface area (Å²) < 4.78 is 15.8. The van der Waals surface area contributed by atoms with Crippen molar-refractivity contribution in [2.45, 2.75) is 37.6 Å². The molecule has 0 amide bonds. The van der Waals surface area contributed by atoms with Crippen LogP contribution >= 0.6 is 0 Å². The highest BCUT2D eigenvalue weighted by Gasteiger charge is 2.44. The van der Waals surface area contributed by atoms with Crippen LogP contribution in [0.1, 0.15) is 12.5 Å². The summed E-state index contributed by atoms with van der Waals surface area (Å²) >= 11 is 0. The third kappa shape index (κ3) is 6.52. The van der Waals surface area contributed by atoms with Crippen molar-refractivity contribution in [3.05, 3.63) is 41.5 Å². The van der Waals surface area contributed by atoms with E-state index in [1.165, 1.54) is 30.4 Å². The van der Waals surface area contributed by atoms with Crippen LogP contribution in [0.25, 0.3) is 6.08 Å². The molecule has 1 aliphatic rings. The van der Waals surface area contributed by atoms with Gasteiger partial charge in [0.15, 0.2) is 17.8 Å². The zero-order chi connectivity index (χ0) is 22.3. The molecule has 10 nitrogen and oxygen atoms in total. The molecule has 0 radical (unpaired) electrons. The van der Waals surface area contributed by atoms with E-state index < -0.39 is 43.3 Å². The Morgan fingerprint density at radius 3 is 2.53 bits per heavy atom. The third-order valence-electron chi connectivity index (χ3n) is 4.38. The number of aliphatic hydroxyl groups is 4. The van der Waals surface area contributed by atoms with Crippen LogP contribution in [0.5, 0.6) is 11.5 Å². The van der Waals surface area contributed by atoms with E-state index in [1.807, 2.05) is 0 Å². The number of carbonyl (C=O) groups is 1. The molecule has 10 heteroatoms. The summed E-state index contributed by atoms with van der Waals surface area (Å²) in [6.45, 7) is 1.11. The molecule has 166 valence electrons. The summed E-state index contributed by atoms with van der Waals surface area (Å²) in [5, 5.41) is 57.6. The van der Waals surface area contributed by atoms with E-state index in [2.05, 4.69) is 0 Å². The fraction of sp³-hybridized carbons (Fsp3) is 0.450. The molecule has 0 bridgehead atoms. The Hall–Kier alpha value is -2.47. The number of esters is 1. The lowest BCUT2D eigenvalue weighted by molar-refractivity contribution is -0.299. The fourth-order valence-electron chi connectivity index (χ4n) is 2.64. The largest absolute Gasteiger partial charge is 0.504 e. The SMILES string of the molecule is CC(=CCO)CO[C@@H]1OC(COC(=O)C=Cc2ccc(O)c(O)c2)[C@@H](O)[C@H](O)C1O. The summed E-state index contributed by atoms with van der Waals surface area (Å²) in [4.78, 5) is 11.9. The molecular formula is C20H26O10. The first-order chi connectivity index (χ1) is 14.2. The van der Waals surface area contributed by atoms with Gasteiger partial charge in [0.2, 0.25) is 0 Å². The van der Waals surface area contributed by atoms with Crippen molar-refractivity contribution in [3.63, 3.8) is 0 Å². The second-order valence-electron chi connectivity index (χ2n) is 6.77. The first-order valence-corrected chi connectivity index (χ1v) is 9.17. The number of aromatic hydroxyl groups is 2. The molecule has 0 aromatic heterocycles. The van der Waals surface area contributed by atoms with Gasteiger partial charge >= 0.3 is 5.97 Å². The Morgan fingerprint density at radius 2 is 1.87 bits per heavy atom. The minimum absolute atomic E-state index is 0.0137. The molecule has 1 aromatic carbocycles. The fourth-order valence-corrected chi connectivity index (χ4v) is 2.64. The molecule has 1 heterocycles. The number of hydrogen-bond donors (Lipinski definition) is 6. The number of rotatable bonds is 8. The standard InChI is InChI=1S/C20H26O10/c1-11(6-7-21)9-29-20-19(27)18(26)17(25)15(30-20)10-28-16(24)5-3-12-2-4-13(22)14(23)8-12/h2-6,8,15,17-23,25-27H,7,9-10H2,1H3/t15?,17-,18+,19?,20-/m1/s1. The van der Waals surface area contributed by atoms with Crippen LogP contribution in [0, 0.1) is 0 Å². The number of hydrogen-bond acceptors (Lipinski definition) is 10. The van der Waals surface area contributed by atoms with Crippen molar-refractivity contribution in [2.24, 2.45) is 0 Å². The van der Waals surface area contributed by atoms with Gasteiger partial charge in [0.1, 0.15) is 31.0 Å². The number of benzene rings is 1. The van der Waals surface area contributed by atoms with E-state index in [0.29, 0.717) is 11.1 Å². The van der Waals surface area contributed by atoms with E-state index in [4.69, 9.17) is 19.3 Å². The van der Waals surface area contributed by atoms with Gasteiger partial charge in [-0.25, -0.2) is 4.79 Å². The van der Waals surface area contributed by atoms with Crippen LogP contribution in [0.4, 0.5) is 0 Å². The summed E-state index contributed by atoms with van der Waals surface area (Å²) in [6, 6.07) is 3.98. The second kappa shape index (κ2) is 11.1. The van der Waals surface area contributed by atoms with E-state index >= 15 is 0 Å². The highest BCUT2D eigenvalue weighted by atomic mass is 16.7. The number of carbonyl (C=O) groups excluding carboxylic acids is 1. The third-order valence-corrected chi connectivity index (χ3v) is 4.38. The second-order valence-corrected chi connectivity index (χ2v) is 6.77. The van der Waals surface area contributed by atoms with E-state index in [0.717, 1.165) is 6.08 Å². The van der Waals surface area contributed by atoms with Gasteiger partial charge in [-0.3, -0.25) is 0 Å². The Morgan fingerprint density at radius 1 is 1.13 bits per heavy atom. The highest BCUT2D eigenvalue weighted by Crippen LogP contribution is 2.25. The zero-order valence-electron chi connectivity index (χ0n) is 16.3. The average Bonchev–Trinajstić information content (AvgIpc) is 2.72. The van der Waals surface area contributed by atoms with Crippen molar-refractivity contribution in [2.75, 3.05) is 19.8 Å². The van der Waals surface area contributed by atoms with Crippen LogP contribution in [-0.4, -0.2) is 87.1 Å². The predicted octanol–water partition coefficient (Wildman–Crippen LogP) is -0.583. The molecule has 5 atom stereocenters. The lowest BCUT2D eigenvalue weighted by Crippen LogP contribution is -2.59. The maximum absolute atomic E-state index is 11.9. The molecule has 0 spiro atoms. The molecule has 0 aliphatic carbocycles. The highest BCUT2D eigenvalue weighted by molar-refractivity contribution is 5.87. The number of ether oxygens (including phenoxy) is 3. The Labute approximate surface area is 172 Å². The van der Waals surface area contributed by atoms with Gasteiger partial charge in [-0.2, -0.15) is 0 Å². The minimum atomic E-state index is -1.58. The quantitative estimate of drug-likeness (QED) is 0.137. The maximum atomic E-state index is 11.9. The van der Waals surface area contributed by atoms with Gasteiger partial charge in [0.25, 0.3) is 0 Å². The van der Waals surface area contributed by atoms with Gasteiger partial charge < -0.3 is 44.8 Å². The molecule has 30 heavy (non-hydrogen) atoms. The Balaban J connectivity index is 1.91. The van der Waals surface area contributed by atoms with Gasteiger partial charge in [-0.15, -0.1) is 0 Å². The summed E-state index contributed by atoms with van der Waals surface area (Å²) in [5.74, 6) is -1.41. The van der Waals surface area contributed by atoms with Gasteiger partial charge in [0.05, 0.1) is 13.2 Å². The topological polar surface area (TPSA) is 166 Å². The van der Waals surface area contributed by atoms with Crippen molar-refractivity contribution < 1.29 is 49.6 Å². The first kappa shape index (κ1) is 23.8.